The van der Waals surface area contributed by atoms with Gasteiger partial charge < -0.3 is 4.52 Å². The summed E-state index contributed by atoms with van der Waals surface area (Å²) in [4.78, 5) is 6.44. The highest BCUT2D eigenvalue weighted by Gasteiger charge is 2.31. The third-order valence-corrected chi connectivity index (χ3v) is 5.99. The lowest BCUT2D eigenvalue weighted by molar-refractivity contribution is 0.433. The van der Waals surface area contributed by atoms with Crippen LogP contribution in [0, 0.1) is 0 Å². The van der Waals surface area contributed by atoms with Gasteiger partial charge in [-0.25, -0.2) is 0 Å². The van der Waals surface area contributed by atoms with Crippen molar-refractivity contribution in [3.8, 4) is 21.5 Å². The molecule has 3 aromatic heterocycles. The summed E-state index contributed by atoms with van der Waals surface area (Å²) in [7, 11) is 0. The second-order valence-corrected chi connectivity index (χ2v) is 7.45. The van der Waals surface area contributed by atoms with Crippen molar-refractivity contribution in [2.45, 2.75) is 23.0 Å². The summed E-state index contributed by atoms with van der Waals surface area (Å²) >= 11 is 4.72. The number of aromatic nitrogens is 4. The first-order valence-corrected chi connectivity index (χ1v) is 8.97. The summed E-state index contributed by atoms with van der Waals surface area (Å²) in [5.41, 5.74) is 1.01. The van der Waals surface area contributed by atoms with Crippen molar-refractivity contribution in [3.63, 3.8) is 0 Å². The van der Waals surface area contributed by atoms with Gasteiger partial charge in [-0.15, -0.1) is 28.2 Å². The largest absolute Gasteiger partial charge is 0.333 e. The average Bonchev–Trinajstić information content (AvgIpc) is 2.93. The molecule has 0 saturated heterocycles. The molecule has 3 heterocycles. The summed E-state index contributed by atoms with van der Waals surface area (Å²) in [6, 6.07) is 4.10. The summed E-state index contributed by atoms with van der Waals surface area (Å²) in [6.07, 6.45) is 4.42. The molecular weight excluding hydrogens is 312 g/mol. The van der Waals surface area contributed by atoms with E-state index in [-0.39, 0.29) is 0 Å². The Hall–Kier alpha value is -1.25. The molecule has 0 N–H and O–H groups in total. The van der Waals surface area contributed by atoms with E-state index >= 15 is 0 Å². The van der Waals surface area contributed by atoms with Gasteiger partial charge in [-0.2, -0.15) is 4.98 Å². The molecule has 1 aliphatic rings. The highest BCUT2D eigenvalue weighted by atomic mass is 32.2. The molecule has 0 amide bonds. The number of thiophene rings is 1. The van der Waals surface area contributed by atoms with Gasteiger partial charge >= 0.3 is 0 Å². The van der Waals surface area contributed by atoms with E-state index in [1.165, 1.54) is 28.6 Å². The van der Waals surface area contributed by atoms with Gasteiger partial charge in [0.1, 0.15) is 4.88 Å². The predicted molar refractivity (Wildman–Crippen MR) is 80.3 cm³/mol. The zero-order chi connectivity index (χ0) is 13.5. The minimum atomic E-state index is 0.531. The number of rotatable bonds is 4. The van der Waals surface area contributed by atoms with E-state index in [0.717, 1.165) is 15.4 Å². The summed E-state index contributed by atoms with van der Waals surface area (Å²) in [5.74, 6) is 1.71. The van der Waals surface area contributed by atoms with E-state index in [1.807, 2.05) is 6.07 Å². The van der Waals surface area contributed by atoms with E-state index in [1.54, 1.807) is 23.1 Å². The maximum atomic E-state index is 5.39. The molecule has 0 atom stereocenters. The van der Waals surface area contributed by atoms with Gasteiger partial charge in [0.05, 0.1) is 14.8 Å². The summed E-state index contributed by atoms with van der Waals surface area (Å²) in [6.45, 7) is 0. The molecule has 8 heteroatoms. The van der Waals surface area contributed by atoms with E-state index < -0.39 is 0 Å². The number of hydrogen-bond donors (Lipinski definition) is 0. The molecule has 0 radical (unpaired) electrons. The van der Waals surface area contributed by atoms with Crippen molar-refractivity contribution in [3.05, 3.63) is 17.8 Å². The van der Waals surface area contributed by atoms with Gasteiger partial charge in [0.2, 0.25) is 5.82 Å². The van der Waals surface area contributed by atoms with Crippen molar-refractivity contribution in [1.29, 1.82) is 0 Å². The van der Waals surface area contributed by atoms with Crippen molar-refractivity contribution < 1.29 is 4.52 Å². The molecule has 1 aliphatic carbocycles. The Morgan fingerprint density at radius 2 is 2.25 bits per heavy atom. The van der Waals surface area contributed by atoms with E-state index in [2.05, 4.69) is 32.0 Å². The van der Waals surface area contributed by atoms with Crippen molar-refractivity contribution >= 4 is 34.6 Å². The van der Waals surface area contributed by atoms with Crippen LogP contribution in [0.1, 0.15) is 24.5 Å². The zero-order valence-electron chi connectivity index (χ0n) is 10.6. The molecule has 4 rings (SSSR count). The van der Waals surface area contributed by atoms with Gasteiger partial charge in [0.25, 0.3) is 5.89 Å². The topological polar surface area (TPSA) is 64.7 Å². The van der Waals surface area contributed by atoms with Crippen LogP contribution >= 0.6 is 34.6 Å². The standard InChI is InChI=1S/C12H10N4OS3/c1-18-8-5-4-7(19-8)11-13-12(17-15-11)10-9(6-2-3-6)14-16-20-10/h4-6H,2-3H2,1H3. The monoisotopic (exact) mass is 322 g/mol. The third kappa shape index (κ3) is 2.17. The molecule has 102 valence electrons. The van der Waals surface area contributed by atoms with Gasteiger partial charge in [-0.05, 0) is 42.8 Å². The fourth-order valence-corrected chi connectivity index (χ4v) is 4.08. The molecule has 0 aliphatic heterocycles. The molecule has 3 aromatic rings. The maximum Gasteiger partial charge on any atom is 0.271 e. The quantitative estimate of drug-likeness (QED) is 0.678. The Labute approximate surface area is 127 Å². The van der Waals surface area contributed by atoms with Crippen LogP contribution in [0.5, 0.6) is 0 Å². The maximum absolute atomic E-state index is 5.39. The molecule has 1 fully saturated rings. The van der Waals surface area contributed by atoms with Crippen molar-refractivity contribution in [2.24, 2.45) is 0 Å². The lowest BCUT2D eigenvalue weighted by Gasteiger charge is -1.90. The van der Waals surface area contributed by atoms with E-state index in [9.17, 15) is 0 Å². The minimum absolute atomic E-state index is 0.531. The van der Waals surface area contributed by atoms with Gasteiger partial charge in [0.15, 0.2) is 0 Å². The number of nitrogens with zero attached hydrogens (tertiary/aromatic N) is 4. The Morgan fingerprint density at radius 3 is 3.00 bits per heavy atom. The van der Waals surface area contributed by atoms with Crippen LogP contribution in [0.2, 0.25) is 0 Å². The van der Waals surface area contributed by atoms with Crippen LogP contribution in [0.25, 0.3) is 21.5 Å². The van der Waals surface area contributed by atoms with Crippen LogP contribution in [-0.2, 0) is 0 Å². The molecule has 0 unspecified atom stereocenters. The third-order valence-electron chi connectivity index (χ3n) is 3.10. The smallest absolute Gasteiger partial charge is 0.271 e. The van der Waals surface area contributed by atoms with Crippen molar-refractivity contribution in [2.75, 3.05) is 6.26 Å². The van der Waals surface area contributed by atoms with Crippen LogP contribution in [-0.4, -0.2) is 26.0 Å². The SMILES string of the molecule is CSc1ccc(-c2noc(-c3snnc3C3CC3)n2)s1. The van der Waals surface area contributed by atoms with Crippen LogP contribution in [0.3, 0.4) is 0 Å². The second-order valence-electron chi connectivity index (χ2n) is 4.51. The van der Waals surface area contributed by atoms with Gasteiger partial charge in [-0.1, -0.05) is 9.64 Å². The first-order valence-electron chi connectivity index (χ1n) is 6.15. The predicted octanol–water partition coefficient (Wildman–Crippen LogP) is 3.92. The van der Waals surface area contributed by atoms with Crippen LogP contribution in [0.4, 0.5) is 0 Å². The van der Waals surface area contributed by atoms with Gasteiger partial charge in [0, 0.05) is 5.92 Å². The summed E-state index contributed by atoms with van der Waals surface area (Å²) in [5, 5.41) is 8.27. The Morgan fingerprint density at radius 1 is 1.35 bits per heavy atom. The van der Waals surface area contributed by atoms with Crippen LogP contribution < -0.4 is 0 Å². The highest BCUT2D eigenvalue weighted by Crippen LogP contribution is 2.44. The summed E-state index contributed by atoms with van der Waals surface area (Å²) < 4.78 is 10.7. The van der Waals surface area contributed by atoms with Gasteiger partial charge in [-0.3, -0.25) is 0 Å². The first-order chi connectivity index (χ1) is 9.85. The highest BCUT2D eigenvalue weighted by molar-refractivity contribution is 8.00. The number of thioether (sulfide) groups is 1. The molecule has 1 saturated carbocycles. The lowest BCUT2D eigenvalue weighted by Crippen LogP contribution is -1.84. The molecule has 5 nitrogen and oxygen atoms in total. The molecule has 20 heavy (non-hydrogen) atoms. The zero-order valence-corrected chi connectivity index (χ0v) is 13.0. The minimum Gasteiger partial charge on any atom is -0.333 e. The van der Waals surface area contributed by atoms with E-state index in [0.29, 0.717) is 17.6 Å². The fourth-order valence-electron chi connectivity index (χ4n) is 1.94. The molecule has 0 spiro atoms. The molecule has 0 bridgehead atoms. The van der Waals surface area contributed by atoms with Crippen molar-refractivity contribution in [1.82, 2.24) is 19.7 Å². The average molecular weight is 322 g/mol. The fraction of sp³-hybridized carbons (Fsp3) is 0.333. The second kappa shape index (κ2) is 4.94. The lowest BCUT2D eigenvalue weighted by atomic mass is 10.2. The Bertz CT molecular complexity index is 743. The van der Waals surface area contributed by atoms with E-state index in [4.69, 9.17) is 4.52 Å². The number of hydrogen-bond acceptors (Lipinski definition) is 8. The normalized spacial score (nSPS) is 14.8. The molecule has 0 aromatic carbocycles. The first kappa shape index (κ1) is 12.5. The van der Waals surface area contributed by atoms with Crippen LogP contribution in [0.15, 0.2) is 20.9 Å². The molecular formula is C12H10N4OS3. The Balaban J connectivity index is 1.68. The Kier molecular flexibility index (Phi) is 3.08.